The SMILES string of the molecule is COc1cccc(N2C(=O)C3CC2C3)c1. The quantitative estimate of drug-likeness (QED) is 0.733. The molecule has 0 unspecified atom stereocenters. The van der Waals surface area contributed by atoms with E-state index in [4.69, 9.17) is 4.74 Å². The molecule has 1 amide bonds. The first kappa shape index (κ1) is 8.77. The van der Waals surface area contributed by atoms with Gasteiger partial charge in [0.1, 0.15) is 5.75 Å². The van der Waals surface area contributed by atoms with E-state index in [2.05, 4.69) is 0 Å². The van der Waals surface area contributed by atoms with Crippen LogP contribution in [-0.4, -0.2) is 19.1 Å². The van der Waals surface area contributed by atoms with E-state index in [-0.39, 0.29) is 5.91 Å². The first-order valence-corrected chi connectivity index (χ1v) is 5.26. The van der Waals surface area contributed by atoms with Crippen molar-refractivity contribution in [1.29, 1.82) is 0 Å². The Morgan fingerprint density at radius 3 is 2.80 bits per heavy atom. The molecular weight excluding hydrogens is 190 g/mol. The molecule has 78 valence electrons. The molecule has 2 bridgehead atoms. The Kier molecular flexibility index (Phi) is 1.75. The molecule has 2 aliphatic heterocycles. The third kappa shape index (κ3) is 1.16. The van der Waals surface area contributed by atoms with Crippen LogP contribution in [0.25, 0.3) is 0 Å². The molecule has 0 aromatic heterocycles. The zero-order valence-corrected chi connectivity index (χ0v) is 8.64. The zero-order valence-electron chi connectivity index (χ0n) is 8.64. The molecule has 3 nitrogen and oxygen atoms in total. The van der Waals surface area contributed by atoms with Gasteiger partial charge in [-0.1, -0.05) is 6.07 Å². The van der Waals surface area contributed by atoms with Crippen LogP contribution in [0.15, 0.2) is 24.3 Å². The van der Waals surface area contributed by atoms with E-state index in [1.165, 1.54) is 0 Å². The summed E-state index contributed by atoms with van der Waals surface area (Å²) in [5.41, 5.74) is 0.976. The van der Waals surface area contributed by atoms with Gasteiger partial charge in [0.25, 0.3) is 0 Å². The number of carbonyl (C=O) groups excluding carboxylic acids is 1. The second-order valence-electron chi connectivity index (χ2n) is 4.23. The molecule has 2 heterocycles. The number of amides is 1. The smallest absolute Gasteiger partial charge is 0.230 e. The highest BCUT2D eigenvalue weighted by Gasteiger charge is 2.50. The summed E-state index contributed by atoms with van der Waals surface area (Å²) in [6, 6.07) is 8.17. The molecule has 0 N–H and O–H groups in total. The maximum Gasteiger partial charge on any atom is 0.230 e. The van der Waals surface area contributed by atoms with E-state index in [1.807, 2.05) is 29.2 Å². The summed E-state index contributed by atoms with van der Waals surface area (Å²) in [7, 11) is 1.64. The lowest BCUT2D eigenvalue weighted by molar-refractivity contribution is -0.119. The van der Waals surface area contributed by atoms with Crippen LogP contribution in [0, 0.1) is 5.92 Å². The van der Waals surface area contributed by atoms with Gasteiger partial charge < -0.3 is 9.64 Å². The van der Waals surface area contributed by atoms with Gasteiger partial charge in [-0.05, 0) is 25.0 Å². The number of fused-ring (bicyclic) bond motifs is 1. The van der Waals surface area contributed by atoms with E-state index in [9.17, 15) is 4.79 Å². The Hall–Kier alpha value is -1.51. The number of methoxy groups -OCH3 is 1. The number of hydrogen-bond donors (Lipinski definition) is 0. The molecule has 1 aromatic rings. The molecule has 0 spiro atoms. The second-order valence-corrected chi connectivity index (χ2v) is 4.23. The summed E-state index contributed by atoms with van der Waals surface area (Å²) < 4.78 is 5.16. The summed E-state index contributed by atoms with van der Waals surface area (Å²) >= 11 is 0. The normalized spacial score (nSPS) is 27.8. The average Bonchev–Trinajstić information content (AvgIpc) is 2.69. The van der Waals surface area contributed by atoms with Crippen molar-refractivity contribution >= 4 is 11.6 Å². The minimum absolute atomic E-state index is 0.285. The van der Waals surface area contributed by atoms with Crippen LogP contribution < -0.4 is 9.64 Å². The van der Waals surface area contributed by atoms with Crippen molar-refractivity contribution in [2.75, 3.05) is 12.0 Å². The molecule has 3 heteroatoms. The van der Waals surface area contributed by atoms with Crippen LogP contribution in [0.1, 0.15) is 12.8 Å². The fourth-order valence-electron chi connectivity index (χ4n) is 2.48. The molecule has 3 aliphatic rings. The Morgan fingerprint density at radius 2 is 2.20 bits per heavy atom. The molecule has 2 saturated heterocycles. The Balaban J connectivity index is 1.95. The van der Waals surface area contributed by atoms with Crippen molar-refractivity contribution in [2.45, 2.75) is 18.9 Å². The first-order valence-electron chi connectivity index (χ1n) is 5.26. The summed E-state index contributed by atoms with van der Waals surface area (Å²) in [5, 5.41) is 0. The summed E-state index contributed by atoms with van der Waals surface area (Å²) in [6.45, 7) is 0. The monoisotopic (exact) mass is 203 g/mol. The third-order valence-corrected chi connectivity index (χ3v) is 3.40. The van der Waals surface area contributed by atoms with Gasteiger partial charge in [-0.25, -0.2) is 0 Å². The number of carbonyl (C=O) groups is 1. The Morgan fingerprint density at radius 1 is 1.40 bits per heavy atom. The van der Waals surface area contributed by atoms with E-state index >= 15 is 0 Å². The number of nitrogens with zero attached hydrogens (tertiary/aromatic N) is 1. The number of benzene rings is 1. The van der Waals surface area contributed by atoms with Crippen LogP contribution in [0.5, 0.6) is 5.75 Å². The van der Waals surface area contributed by atoms with Crippen LogP contribution in [0.4, 0.5) is 5.69 Å². The van der Waals surface area contributed by atoms with Gasteiger partial charge in [-0.15, -0.1) is 0 Å². The van der Waals surface area contributed by atoms with E-state index in [0.29, 0.717) is 12.0 Å². The van der Waals surface area contributed by atoms with Crippen molar-refractivity contribution in [1.82, 2.24) is 0 Å². The van der Waals surface area contributed by atoms with Gasteiger partial charge in [0, 0.05) is 23.7 Å². The minimum Gasteiger partial charge on any atom is -0.497 e. The maximum atomic E-state index is 11.8. The van der Waals surface area contributed by atoms with Crippen molar-refractivity contribution < 1.29 is 9.53 Å². The van der Waals surface area contributed by atoms with Gasteiger partial charge in [-0.3, -0.25) is 4.79 Å². The zero-order chi connectivity index (χ0) is 10.4. The minimum atomic E-state index is 0.285. The topological polar surface area (TPSA) is 29.5 Å². The Labute approximate surface area is 88.6 Å². The predicted octanol–water partition coefficient (Wildman–Crippen LogP) is 1.82. The number of hydrogen-bond acceptors (Lipinski definition) is 2. The third-order valence-electron chi connectivity index (χ3n) is 3.40. The van der Waals surface area contributed by atoms with E-state index in [0.717, 1.165) is 24.3 Å². The lowest BCUT2D eigenvalue weighted by Crippen LogP contribution is -2.29. The highest BCUT2D eigenvalue weighted by atomic mass is 16.5. The first-order chi connectivity index (χ1) is 7.29. The van der Waals surface area contributed by atoms with Crippen molar-refractivity contribution in [3.05, 3.63) is 24.3 Å². The van der Waals surface area contributed by atoms with Crippen LogP contribution in [0.3, 0.4) is 0 Å². The lowest BCUT2D eigenvalue weighted by Gasteiger charge is -2.25. The van der Waals surface area contributed by atoms with Crippen molar-refractivity contribution in [3.63, 3.8) is 0 Å². The van der Waals surface area contributed by atoms with Gasteiger partial charge in [-0.2, -0.15) is 0 Å². The van der Waals surface area contributed by atoms with Crippen LogP contribution in [-0.2, 0) is 4.79 Å². The summed E-state index contributed by atoms with van der Waals surface area (Å²) in [6.07, 6.45) is 2.08. The molecule has 0 radical (unpaired) electrons. The standard InChI is InChI=1S/C12H13NO2/c1-15-11-4-2-3-9(7-11)13-10-5-8(6-10)12(13)14/h2-4,7-8,10H,5-6H2,1H3. The highest BCUT2D eigenvalue weighted by molar-refractivity contribution is 6.00. The number of anilines is 1. The van der Waals surface area contributed by atoms with Gasteiger partial charge in [0.2, 0.25) is 5.91 Å². The molecular formula is C12H13NO2. The summed E-state index contributed by atoms with van der Waals surface area (Å²) in [5.74, 6) is 1.39. The van der Waals surface area contributed by atoms with Gasteiger partial charge in [0.15, 0.2) is 0 Å². The molecule has 1 aliphatic carbocycles. The number of ether oxygens (including phenoxy) is 1. The molecule has 1 aromatic carbocycles. The van der Waals surface area contributed by atoms with Gasteiger partial charge in [0.05, 0.1) is 7.11 Å². The molecule has 1 saturated carbocycles. The Bertz CT molecular complexity index is 410. The molecule has 0 atom stereocenters. The van der Waals surface area contributed by atoms with Crippen LogP contribution >= 0.6 is 0 Å². The summed E-state index contributed by atoms with van der Waals surface area (Å²) in [4.78, 5) is 13.8. The van der Waals surface area contributed by atoms with Crippen molar-refractivity contribution in [2.24, 2.45) is 5.92 Å². The van der Waals surface area contributed by atoms with Gasteiger partial charge >= 0.3 is 0 Å². The van der Waals surface area contributed by atoms with E-state index < -0.39 is 0 Å². The van der Waals surface area contributed by atoms with Crippen LogP contribution in [0.2, 0.25) is 0 Å². The second kappa shape index (κ2) is 2.99. The lowest BCUT2D eigenvalue weighted by atomic mass is 9.86. The largest absolute Gasteiger partial charge is 0.497 e. The fourth-order valence-corrected chi connectivity index (χ4v) is 2.48. The predicted molar refractivity (Wildman–Crippen MR) is 57.0 cm³/mol. The molecule has 4 rings (SSSR count). The number of rotatable bonds is 2. The molecule has 15 heavy (non-hydrogen) atoms. The van der Waals surface area contributed by atoms with E-state index in [1.54, 1.807) is 7.11 Å². The molecule has 3 fully saturated rings. The fraction of sp³-hybridized carbons (Fsp3) is 0.417. The average molecular weight is 203 g/mol. The highest BCUT2D eigenvalue weighted by Crippen LogP contribution is 2.44. The maximum absolute atomic E-state index is 11.8. The van der Waals surface area contributed by atoms with Crippen molar-refractivity contribution in [3.8, 4) is 5.75 Å².